The lowest BCUT2D eigenvalue weighted by atomic mass is 10.1. The smallest absolute Gasteiger partial charge is 0.137 e. The first-order valence-electron chi connectivity index (χ1n) is 6.77. The summed E-state index contributed by atoms with van der Waals surface area (Å²) in [6.45, 7) is 4.19. The summed E-state index contributed by atoms with van der Waals surface area (Å²) in [4.78, 5) is 0.350. The second-order valence-electron chi connectivity index (χ2n) is 4.86. The molecule has 0 aliphatic heterocycles. The van der Waals surface area contributed by atoms with Crippen LogP contribution in [0.3, 0.4) is 0 Å². The summed E-state index contributed by atoms with van der Waals surface area (Å²) in [5.74, 6) is 1.51. The minimum Gasteiger partial charge on any atom is -0.457 e. The van der Waals surface area contributed by atoms with Crippen molar-refractivity contribution in [3.05, 3.63) is 59.2 Å². The van der Waals surface area contributed by atoms with E-state index < -0.39 is 0 Å². The van der Waals surface area contributed by atoms with Crippen LogP contribution < -0.4 is 10.5 Å². The fraction of sp³-hybridized carbons (Fsp3) is 0.235. The zero-order valence-corrected chi connectivity index (χ0v) is 12.7. The van der Waals surface area contributed by atoms with Crippen molar-refractivity contribution < 1.29 is 4.74 Å². The Balaban J connectivity index is 2.25. The highest BCUT2D eigenvalue weighted by Crippen LogP contribution is 2.27. The number of hydrogen-bond donors (Lipinski definition) is 1. The molecule has 2 aromatic rings. The van der Waals surface area contributed by atoms with Crippen LogP contribution in [0, 0.1) is 6.92 Å². The van der Waals surface area contributed by atoms with Crippen LogP contribution >= 0.6 is 12.2 Å². The van der Waals surface area contributed by atoms with Crippen LogP contribution in [0.5, 0.6) is 11.5 Å². The van der Waals surface area contributed by atoms with E-state index in [1.165, 1.54) is 5.56 Å². The summed E-state index contributed by atoms with van der Waals surface area (Å²) in [5, 5.41) is 0. The van der Waals surface area contributed by atoms with E-state index in [-0.39, 0.29) is 0 Å². The number of hydrogen-bond acceptors (Lipinski definition) is 2. The maximum Gasteiger partial charge on any atom is 0.137 e. The molecule has 0 aliphatic carbocycles. The molecule has 0 saturated carbocycles. The van der Waals surface area contributed by atoms with Crippen molar-refractivity contribution in [2.75, 3.05) is 0 Å². The lowest BCUT2D eigenvalue weighted by molar-refractivity contribution is 0.481. The van der Waals surface area contributed by atoms with Gasteiger partial charge in [0.1, 0.15) is 16.5 Å². The topological polar surface area (TPSA) is 35.2 Å². The van der Waals surface area contributed by atoms with Gasteiger partial charge in [0.15, 0.2) is 0 Å². The molecule has 104 valence electrons. The standard InChI is InChI=1S/C17H19NOS/c1-3-4-13-6-8-14(9-7-13)19-16-11-12(2)5-10-15(16)17(18)20/h5-11H,3-4H2,1-2H3,(H2,18,20). The van der Waals surface area contributed by atoms with E-state index in [9.17, 15) is 0 Å². The molecule has 0 atom stereocenters. The normalized spacial score (nSPS) is 10.3. The van der Waals surface area contributed by atoms with Crippen LogP contribution in [0.2, 0.25) is 0 Å². The SMILES string of the molecule is CCCc1ccc(Oc2cc(C)ccc2C(N)=S)cc1. The van der Waals surface area contributed by atoms with Gasteiger partial charge in [-0.3, -0.25) is 0 Å². The summed E-state index contributed by atoms with van der Waals surface area (Å²) in [7, 11) is 0. The second kappa shape index (κ2) is 6.53. The highest BCUT2D eigenvalue weighted by Gasteiger charge is 2.08. The van der Waals surface area contributed by atoms with E-state index in [1.54, 1.807) is 0 Å². The first-order chi connectivity index (χ1) is 9.60. The molecule has 2 N–H and O–H groups in total. The molecule has 0 radical (unpaired) electrons. The van der Waals surface area contributed by atoms with E-state index in [0.29, 0.717) is 10.7 Å². The van der Waals surface area contributed by atoms with Gasteiger partial charge in [0.2, 0.25) is 0 Å². The number of ether oxygens (including phenoxy) is 1. The minimum absolute atomic E-state index is 0.350. The molecular weight excluding hydrogens is 266 g/mol. The van der Waals surface area contributed by atoms with Crippen LogP contribution in [-0.2, 0) is 6.42 Å². The van der Waals surface area contributed by atoms with Crippen molar-refractivity contribution in [1.82, 2.24) is 0 Å². The zero-order valence-electron chi connectivity index (χ0n) is 11.8. The van der Waals surface area contributed by atoms with E-state index in [4.69, 9.17) is 22.7 Å². The first-order valence-corrected chi connectivity index (χ1v) is 7.18. The largest absolute Gasteiger partial charge is 0.457 e. The highest BCUT2D eigenvalue weighted by atomic mass is 32.1. The van der Waals surface area contributed by atoms with Gasteiger partial charge >= 0.3 is 0 Å². The average molecular weight is 285 g/mol. The fourth-order valence-corrected chi connectivity index (χ4v) is 2.23. The third-order valence-corrected chi connectivity index (χ3v) is 3.31. The molecule has 0 saturated heterocycles. The number of thiocarbonyl (C=S) groups is 1. The molecule has 0 fully saturated rings. The van der Waals surface area contributed by atoms with Crippen LogP contribution in [0.4, 0.5) is 0 Å². The number of rotatable bonds is 5. The van der Waals surface area contributed by atoms with Gasteiger partial charge in [-0.05, 0) is 48.7 Å². The van der Waals surface area contributed by atoms with Crippen molar-refractivity contribution in [2.24, 2.45) is 5.73 Å². The Bertz CT molecular complexity index is 605. The zero-order chi connectivity index (χ0) is 14.5. The molecule has 0 bridgehead atoms. The summed E-state index contributed by atoms with van der Waals surface area (Å²) < 4.78 is 5.92. The molecule has 0 unspecified atom stereocenters. The summed E-state index contributed by atoms with van der Waals surface area (Å²) in [5.41, 5.74) is 8.93. The van der Waals surface area contributed by atoms with Gasteiger partial charge in [0.25, 0.3) is 0 Å². The Labute approximate surface area is 125 Å². The summed E-state index contributed by atoms with van der Waals surface area (Å²) >= 11 is 5.06. The predicted octanol–water partition coefficient (Wildman–Crippen LogP) is 4.37. The van der Waals surface area contributed by atoms with Crippen LogP contribution in [0.1, 0.15) is 30.0 Å². The minimum atomic E-state index is 0.350. The molecule has 0 aliphatic rings. The molecule has 0 aromatic heterocycles. The van der Waals surface area contributed by atoms with Crippen molar-refractivity contribution in [2.45, 2.75) is 26.7 Å². The fourth-order valence-electron chi connectivity index (χ4n) is 2.06. The van der Waals surface area contributed by atoms with Gasteiger partial charge in [-0.2, -0.15) is 0 Å². The Morgan fingerprint density at radius 3 is 2.45 bits per heavy atom. The molecule has 3 heteroatoms. The van der Waals surface area contributed by atoms with E-state index >= 15 is 0 Å². The molecule has 2 aromatic carbocycles. The number of benzene rings is 2. The van der Waals surface area contributed by atoms with Crippen molar-refractivity contribution in [3.8, 4) is 11.5 Å². The Hall–Kier alpha value is -1.87. The third-order valence-electron chi connectivity index (χ3n) is 3.09. The second-order valence-corrected chi connectivity index (χ2v) is 5.30. The first kappa shape index (κ1) is 14.5. The van der Waals surface area contributed by atoms with Crippen molar-refractivity contribution in [1.29, 1.82) is 0 Å². The molecule has 0 amide bonds. The monoisotopic (exact) mass is 285 g/mol. The molecule has 2 nitrogen and oxygen atoms in total. The van der Waals surface area contributed by atoms with Gasteiger partial charge in [-0.25, -0.2) is 0 Å². The molecule has 0 heterocycles. The maximum absolute atomic E-state index is 5.92. The van der Waals surface area contributed by atoms with E-state index in [2.05, 4.69) is 19.1 Å². The number of aryl methyl sites for hydroxylation is 2. The molecule has 2 rings (SSSR count). The Morgan fingerprint density at radius 2 is 1.85 bits per heavy atom. The van der Waals surface area contributed by atoms with Gasteiger partial charge in [0, 0.05) is 0 Å². The van der Waals surface area contributed by atoms with Gasteiger partial charge in [0.05, 0.1) is 5.56 Å². The average Bonchev–Trinajstić information content (AvgIpc) is 2.41. The van der Waals surface area contributed by atoms with Crippen molar-refractivity contribution >= 4 is 17.2 Å². The molecule has 20 heavy (non-hydrogen) atoms. The molecular formula is C17H19NOS. The summed E-state index contributed by atoms with van der Waals surface area (Å²) in [6, 6.07) is 14.0. The Morgan fingerprint density at radius 1 is 1.15 bits per heavy atom. The Kier molecular flexibility index (Phi) is 4.74. The lowest BCUT2D eigenvalue weighted by Gasteiger charge is -2.11. The van der Waals surface area contributed by atoms with E-state index in [0.717, 1.165) is 29.7 Å². The van der Waals surface area contributed by atoms with E-state index in [1.807, 2.05) is 37.3 Å². The van der Waals surface area contributed by atoms with Gasteiger partial charge in [-0.15, -0.1) is 0 Å². The highest BCUT2D eigenvalue weighted by molar-refractivity contribution is 7.80. The predicted molar refractivity (Wildman–Crippen MR) is 87.6 cm³/mol. The van der Waals surface area contributed by atoms with Crippen molar-refractivity contribution in [3.63, 3.8) is 0 Å². The summed E-state index contributed by atoms with van der Waals surface area (Å²) in [6.07, 6.45) is 2.23. The quantitative estimate of drug-likeness (QED) is 0.828. The molecule has 0 spiro atoms. The lowest BCUT2D eigenvalue weighted by Crippen LogP contribution is -2.10. The van der Waals surface area contributed by atoms with Crippen LogP contribution in [0.15, 0.2) is 42.5 Å². The van der Waals surface area contributed by atoms with Gasteiger partial charge in [-0.1, -0.05) is 43.8 Å². The van der Waals surface area contributed by atoms with Crippen LogP contribution in [-0.4, -0.2) is 4.99 Å². The maximum atomic E-state index is 5.92. The van der Waals surface area contributed by atoms with Gasteiger partial charge < -0.3 is 10.5 Å². The number of nitrogens with two attached hydrogens (primary N) is 1. The third kappa shape index (κ3) is 3.58. The van der Waals surface area contributed by atoms with Crippen LogP contribution in [0.25, 0.3) is 0 Å².